The number of hydrogen-bond acceptors (Lipinski definition) is 6. The van der Waals surface area contributed by atoms with Crippen molar-refractivity contribution < 1.29 is 23.9 Å². The summed E-state index contributed by atoms with van der Waals surface area (Å²) in [7, 11) is 0. The summed E-state index contributed by atoms with van der Waals surface area (Å²) in [5.74, 6) is 0.424. The highest BCUT2D eigenvalue weighted by Gasteiger charge is 2.52. The number of carbonyl (C=O) groups excluding carboxylic acids is 1. The normalized spacial score (nSPS) is 14.7. The smallest absolute Gasteiger partial charge is 0.316 e. The molecule has 4 aromatic rings. The molecule has 6 heteroatoms. The Morgan fingerprint density at radius 2 is 1.61 bits per heavy atom. The molecule has 38 heavy (non-hydrogen) atoms. The second-order valence-electron chi connectivity index (χ2n) is 9.79. The molecule has 0 aliphatic heterocycles. The van der Waals surface area contributed by atoms with E-state index in [2.05, 4.69) is 17.3 Å². The molecule has 0 radical (unpaired) electrons. The Bertz CT molecular complexity index is 1360. The number of aryl methyl sites for hydroxylation is 1. The summed E-state index contributed by atoms with van der Waals surface area (Å²) in [5, 5.41) is 15.0. The lowest BCUT2D eigenvalue weighted by molar-refractivity contribution is -0.146. The van der Waals surface area contributed by atoms with Crippen LogP contribution in [0.3, 0.4) is 0 Å². The van der Waals surface area contributed by atoms with E-state index in [1.54, 1.807) is 0 Å². The van der Waals surface area contributed by atoms with E-state index < -0.39 is 11.5 Å². The summed E-state index contributed by atoms with van der Waals surface area (Å²) in [6, 6.07) is 26.3. The van der Waals surface area contributed by atoms with E-state index in [4.69, 9.17) is 14.0 Å². The molecule has 1 heterocycles. The van der Waals surface area contributed by atoms with Crippen LogP contribution in [0.25, 0.3) is 22.5 Å². The Morgan fingerprint density at radius 1 is 0.974 bits per heavy atom. The van der Waals surface area contributed by atoms with Crippen LogP contribution in [0, 0.1) is 6.92 Å². The average Bonchev–Trinajstić information content (AvgIpc) is 3.68. The van der Waals surface area contributed by atoms with Gasteiger partial charge >= 0.3 is 5.97 Å². The fourth-order valence-electron chi connectivity index (χ4n) is 4.89. The van der Waals surface area contributed by atoms with Crippen molar-refractivity contribution in [2.75, 3.05) is 19.8 Å². The van der Waals surface area contributed by atoms with Crippen molar-refractivity contribution in [3.63, 3.8) is 0 Å². The van der Waals surface area contributed by atoms with Crippen molar-refractivity contribution in [2.45, 2.75) is 44.6 Å². The SMILES string of the molecule is CCOC(=O)C1(c2ccc(-c3ccc(-c4onc(C)c4C(O)COCCc4ccccc4)cc3)cc2)CC1. The highest BCUT2D eigenvalue weighted by molar-refractivity contribution is 5.87. The Labute approximate surface area is 223 Å². The number of hydrogen-bond donors (Lipinski definition) is 1. The number of rotatable bonds is 11. The molecule has 1 unspecified atom stereocenters. The monoisotopic (exact) mass is 511 g/mol. The van der Waals surface area contributed by atoms with Gasteiger partial charge in [-0.05, 0) is 55.4 Å². The molecule has 0 bridgehead atoms. The molecule has 196 valence electrons. The minimum Gasteiger partial charge on any atom is -0.465 e. The lowest BCUT2D eigenvalue weighted by Crippen LogP contribution is -2.23. The molecule has 1 saturated carbocycles. The zero-order valence-electron chi connectivity index (χ0n) is 21.9. The highest BCUT2D eigenvalue weighted by atomic mass is 16.5. The standard InChI is InChI=1S/C32H33NO5/c1-3-37-31(35)32(18-19-32)27-15-13-25(14-16-27)24-9-11-26(12-10-24)30-29(22(2)33-38-30)28(34)21-36-20-17-23-7-5-4-6-8-23/h4-16,28,34H,3,17-21H2,1-2H3. The van der Waals surface area contributed by atoms with Crippen LogP contribution in [0.5, 0.6) is 0 Å². The summed E-state index contributed by atoms with van der Waals surface area (Å²) < 4.78 is 16.7. The molecule has 5 rings (SSSR count). The number of benzene rings is 3. The number of carbonyl (C=O) groups is 1. The quantitative estimate of drug-likeness (QED) is 0.191. The third kappa shape index (κ3) is 5.42. The molecular formula is C32H33NO5. The predicted octanol–water partition coefficient (Wildman–Crippen LogP) is 6.20. The molecule has 0 saturated heterocycles. The van der Waals surface area contributed by atoms with E-state index in [0.717, 1.165) is 41.5 Å². The van der Waals surface area contributed by atoms with Crippen molar-refractivity contribution in [3.8, 4) is 22.5 Å². The highest BCUT2D eigenvalue weighted by Crippen LogP contribution is 2.49. The van der Waals surface area contributed by atoms with Gasteiger partial charge in [0.05, 0.1) is 36.5 Å². The van der Waals surface area contributed by atoms with Gasteiger partial charge in [-0.3, -0.25) is 4.79 Å². The summed E-state index contributed by atoms with van der Waals surface area (Å²) in [4.78, 5) is 12.4. The Hall–Kier alpha value is -3.74. The minimum atomic E-state index is -0.839. The van der Waals surface area contributed by atoms with Gasteiger partial charge in [-0.2, -0.15) is 0 Å². The lowest BCUT2D eigenvalue weighted by atomic mass is 9.93. The van der Waals surface area contributed by atoms with Gasteiger partial charge in [0.2, 0.25) is 0 Å². The molecule has 1 N–H and O–H groups in total. The molecule has 0 spiro atoms. The summed E-state index contributed by atoms with van der Waals surface area (Å²) >= 11 is 0. The van der Waals surface area contributed by atoms with Crippen LogP contribution in [-0.4, -0.2) is 36.1 Å². The van der Waals surface area contributed by atoms with Gasteiger partial charge in [0, 0.05) is 5.56 Å². The molecule has 1 aliphatic rings. The van der Waals surface area contributed by atoms with Gasteiger partial charge in [-0.25, -0.2) is 0 Å². The van der Waals surface area contributed by atoms with Crippen LogP contribution in [0.2, 0.25) is 0 Å². The first-order valence-electron chi connectivity index (χ1n) is 13.2. The molecule has 1 aliphatic carbocycles. The summed E-state index contributed by atoms with van der Waals surface area (Å²) in [6.45, 7) is 4.75. The van der Waals surface area contributed by atoms with Crippen molar-refractivity contribution >= 4 is 5.97 Å². The van der Waals surface area contributed by atoms with Gasteiger partial charge in [0.25, 0.3) is 0 Å². The van der Waals surface area contributed by atoms with Gasteiger partial charge in [-0.15, -0.1) is 0 Å². The predicted molar refractivity (Wildman–Crippen MR) is 146 cm³/mol. The minimum absolute atomic E-state index is 0.126. The summed E-state index contributed by atoms with van der Waals surface area (Å²) in [6.07, 6.45) is 1.62. The van der Waals surface area contributed by atoms with Gasteiger partial charge in [0.1, 0.15) is 6.10 Å². The van der Waals surface area contributed by atoms with Crippen molar-refractivity contribution in [1.82, 2.24) is 5.16 Å². The third-order valence-electron chi connectivity index (χ3n) is 7.23. The maximum absolute atomic E-state index is 12.4. The topological polar surface area (TPSA) is 81.8 Å². The number of aliphatic hydroxyl groups excluding tert-OH is 1. The second kappa shape index (κ2) is 11.3. The third-order valence-corrected chi connectivity index (χ3v) is 7.23. The van der Waals surface area contributed by atoms with E-state index in [9.17, 15) is 9.90 Å². The first-order valence-corrected chi connectivity index (χ1v) is 13.2. The number of ether oxygens (including phenoxy) is 2. The maximum atomic E-state index is 12.4. The zero-order chi connectivity index (χ0) is 26.5. The van der Waals surface area contributed by atoms with Crippen LogP contribution >= 0.6 is 0 Å². The Morgan fingerprint density at radius 3 is 2.24 bits per heavy atom. The number of aromatic nitrogens is 1. The fraction of sp³-hybridized carbons (Fsp3) is 0.312. The van der Waals surface area contributed by atoms with E-state index in [0.29, 0.717) is 30.2 Å². The van der Waals surface area contributed by atoms with E-state index in [-0.39, 0.29) is 12.6 Å². The van der Waals surface area contributed by atoms with Crippen molar-refractivity contribution in [2.24, 2.45) is 0 Å². The van der Waals surface area contributed by atoms with Gasteiger partial charge < -0.3 is 19.1 Å². The average molecular weight is 512 g/mol. The zero-order valence-corrected chi connectivity index (χ0v) is 21.9. The summed E-state index contributed by atoms with van der Waals surface area (Å²) in [5.41, 5.74) is 5.98. The molecule has 1 fully saturated rings. The number of nitrogens with zero attached hydrogens (tertiary/aromatic N) is 1. The molecule has 1 aromatic heterocycles. The van der Waals surface area contributed by atoms with Crippen molar-refractivity contribution in [1.29, 1.82) is 0 Å². The second-order valence-corrected chi connectivity index (χ2v) is 9.79. The first kappa shape index (κ1) is 25.9. The molecule has 1 atom stereocenters. The van der Waals surface area contributed by atoms with E-state index in [1.807, 2.05) is 80.6 Å². The fourth-order valence-corrected chi connectivity index (χ4v) is 4.89. The largest absolute Gasteiger partial charge is 0.465 e. The maximum Gasteiger partial charge on any atom is 0.316 e. The van der Waals surface area contributed by atoms with Crippen LogP contribution in [-0.2, 0) is 26.1 Å². The molecule has 3 aromatic carbocycles. The van der Waals surface area contributed by atoms with E-state index >= 15 is 0 Å². The van der Waals surface area contributed by atoms with Crippen LogP contribution < -0.4 is 0 Å². The Kier molecular flexibility index (Phi) is 7.72. The number of esters is 1. The van der Waals surface area contributed by atoms with Crippen LogP contribution in [0.4, 0.5) is 0 Å². The molecular weight excluding hydrogens is 478 g/mol. The van der Waals surface area contributed by atoms with E-state index in [1.165, 1.54) is 5.56 Å². The first-order chi connectivity index (χ1) is 18.5. The molecule has 6 nitrogen and oxygen atoms in total. The van der Waals surface area contributed by atoms with Crippen LogP contribution in [0.1, 0.15) is 48.3 Å². The lowest BCUT2D eigenvalue weighted by Gasteiger charge is -2.15. The molecule has 0 amide bonds. The Balaban J connectivity index is 1.24. The number of aliphatic hydroxyl groups is 1. The van der Waals surface area contributed by atoms with Crippen LogP contribution in [0.15, 0.2) is 83.4 Å². The van der Waals surface area contributed by atoms with Gasteiger partial charge in [-0.1, -0.05) is 84.0 Å². The van der Waals surface area contributed by atoms with Crippen molar-refractivity contribution in [3.05, 3.63) is 101 Å². The van der Waals surface area contributed by atoms with Gasteiger partial charge in [0.15, 0.2) is 5.76 Å².